The summed E-state index contributed by atoms with van der Waals surface area (Å²) in [5.41, 5.74) is 0.322. The first kappa shape index (κ1) is 15.4. The van der Waals surface area contributed by atoms with Crippen molar-refractivity contribution in [2.45, 2.75) is 31.7 Å². The molecule has 24 heavy (non-hydrogen) atoms. The first-order valence-electron chi connectivity index (χ1n) is 8.16. The molecule has 2 amide bonds. The number of aromatic nitrogens is 1. The molecule has 2 atom stereocenters. The fourth-order valence-corrected chi connectivity index (χ4v) is 3.72. The van der Waals surface area contributed by atoms with Crippen LogP contribution < -0.4 is 5.32 Å². The lowest BCUT2D eigenvalue weighted by atomic mass is 10.0. The minimum Gasteiger partial charge on any atom is -0.433 e. The zero-order valence-corrected chi connectivity index (χ0v) is 14.1. The van der Waals surface area contributed by atoms with Gasteiger partial charge in [-0.15, -0.1) is 0 Å². The number of fused-ring (bicyclic) bond motifs is 2. The fraction of sp³-hybridized carbons (Fsp3) is 0.471. The van der Waals surface area contributed by atoms with Crippen LogP contribution in [-0.2, 0) is 4.79 Å². The Morgan fingerprint density at radius 1 is 1.50 bits per heavy atom. The van der Waals surface area contributed by atoms with Crippen molar-refractivity contribution >= 4 is 34.5 Å². The summed E-state index contributed by atoms with van der Waals surface area (Å²) in [7, 11) is 0. The molecule has 3 heterocycles. The first-order chi connectivity index (χ1) is 11.5. The maximum atomic E-state index is 12.7. The second kappa shape index (κ2) is 5.48. The quantitative estimate of drug-likeness (QED) is 0.926. The highest BCUT2D eigenvalue weighted by Crippen LogP contribution is 2.49. The highest BCUT2D eigenvalue weighted by Gasteiger charge is 2.58. The number of rotatable bonds is 3. The van der Waals surface area contributed by atoms with E-state index < -0.39 is 0 Å². The molecule has 4 rings (SSSR count). The van der Waals surface area contributed by atoms with Gasteiger partial charge in [0.2, 0.25) is 11.6 Å². The summed E-state index contributed by atoms with van der Waals surface area (Å²) in [6, 6.07) is 3.41. The van der Waals surface area contributed by atoms with Gasteiger partial charge in [-0.3, -0.25) is 9.59 Å². The number of hydrogen-bond donors (Lipinski definition) is 1. The van der Waals surface area contributed by atoms with E-state index in [-0.39, 0.29) is 23.1 Å². The van der Waals surface area contributed by atoms with Gasteiger partial charge in [0.1, 0.15) is 0 Å². The number of piperidine rings is 1. The Bertz CT molecular complexity index is 834. The predicted molar refractivity (Wildman–Crippen MR) is 88.8 cm³/mol. The van der Waals surface area contributed by atoms with E-state index in [0.717, 1.165) is 18.2 Å². The standard InChI is InChI=1S/C17H18ClN3O3/c1-2-14(22)20-17-3-4-21(9-11(17)7-17)16(23)13-6-10-5-12(18)8-19-15(10)24-13/h5-6,8,11H,2-4,7,9H2,1H3,(H,20,22). The maximum absolute atomic E-state index is 12.7. The Kier molecular flexibility index (Phi) is 3.53. The van der Waals surface area contributed by atoms with Crippen molar-refractivity contribution in [1.29, 1.82) is 0 Å². The second-order valence-corrected chi connectivity index (χ2v) is 7.06. The molecule has 7 heteroatoms. The number of amides is 2. The number of halogens is 1. The van der Waals surface area contributed by atoms with Gasteiger partial charge in [-0.2, -0.15) is 0 Å². The van der Waals surface area contributed by atoms with Gasteiger partial charge in [-0.25, -0.2) is 4.98 Å². The number of likely N-dealkylation sites (tertiary alicyclic amines) is 1. The van der Waals surface area contributed by atoms with Crippen molar-refractivity contribution in [3.63, 3.8) is 0 Å². The number of nitrogens with zero attached hydrogens (tertiary/aromatic N) is 2. The van der Waals surface area contributed by atoms with Crippen LogP contribution in [0.15, 0.2) is 22.7 Å². The van der Waals surface area contributed by atoms with Gasteiger partial charge >= 0.3 is 0 Å². The Morgan fingerprint density at radius 2 is 2.33 bits per heavy atom. The molecular formula is C17H18ClN3O3. The third kappa shape index (κ3) is 2.55. The molecule has 126 valence electrons. The molecule has 1 saturated carbocycles. The molecule has 2 aromatic heterocycles. The highest BCUT2D eigenvalue weighted by molar-refractivity contribution is 6.31. The van der Waals surface area contributed by atoms with Crippen LogP contribution in [-0.4, -0.2) is 40.3 Å². The number of carbonyl (C=O) groups excluding carboxylic acids is 2. The third-order valence-corrected chi connectivity index (χ3v) is 5.25. The predicted octanol–water partition coefficient (Wildman–Crippen LogP) is 2.61. The molecule has 2 fully saturated rings. The Morgan fingerprint density at radius 3 is 3.08 bits per heavy atom. The highest BCUT2D eigenvalue weighted by atomic mass is 35.5. The number of carbonyl (C=O) groups is 2. The van der Waals surface area contributed by atoms with Crippen LogP contribution in [0, 0.1) is 5.92 Å². The monoisotopic (exact) mass is 347 g/mol. The zero-order chi connectivity index (χ0) is 16.9. The van der Waals surface area contributed by atoms with Gasteiger partial charge in [0.15, 0.2) is 5.76 Å². The zero-order valence-electron chi connectivity index (χ0n) is 13.3. The molecule has 1 N–H and O–H groups in total. The van der Waals surface area contributed by atoms with Gasteiger partial charge < -0.3 is 14.6 Å². The summed E-state index contributed by atoms with van der Waals surface area (Å²) in [5.74, 6) is 0.567. The van der Waals surface area contributed by atoms with Gasteiger partial charge in [0.05, 0.1) is 5.02 Å². The molecule has 2 aromatic rings. The molecule has 2 aliphatic rings. The minimum absolute atomic E-state index is 0.0810. The van der Waals surface area contributed by atoms with Gasteiger partial charge in [0.25, 0.3) is 5.91 Å². The van der Waals surface area contributed by atoms with Crippen molar-refractivity contribution in [2.24, 2.45) is 5.92 Å². The molecule has 1 aliphatic heterocycles. The summed E-state index contributed by atoms with van der Waals surface area (Å²) in [6.45, 7) is 3.11. The van der Waals surface area contributed by atoms with Crippen molar-refractivity contribution in [1.82, 2.24) is 15.2 Å². The van der Waals surface area contributed by atoms with E-state index in [1.807, 2.05) is 6.92 Å². The van der Waals surface area contributed by atoms with Crippen LogP contribution in [0.5, 0.6) is 0 Å². The van der Waals surface area contributed by atoms with Crippen LogP contribution in [0.2, 0.25) is 5.02 Å². The Labute approximate surface area is 144 Å². The van der Waals surface area contributed by atoms with E-state index in [1.165, 1.54) is 6.20 Å². The van der Waals surface area contributed by atoms with Crippen LogP contribution in [0.25, 0.3) is 11.1 Å². The average Bonchev–Trinajstić information content (AvgIpc) is 3.12. The molecule has 1 aliphatic carbocycles. The number of furan rings is 1. The van der Waals surface area contributed by atoms with Crippen molar-refractivity contribution < 1.29 is 14.0 Å². The van der Waals surface area contributed by atoms with E-state index in [9.17, 15) is 9.59 Å². The van der Waals surface area contributed by atoms with E-state index in [4.69, 9.17) is 16.0 Å². The summed E-state index contributed by atoms with van der Waals surface area (Å²) in [5, 5.41) is 4.35. The smallest absolute Gasteiger partial charge is 0.289 e. The van der Waals surface area contributed by atoms with Gasteiger partial charge in [0, 0.05) is 42.6 Å². The molecule has 2 unspecified atom stereocenters. The SMILES string of the molecule is CCC(=O)NC12CCN(C(=O)c3cc4cc(Cl)cnc4o3)CC1C2. The van der Waals surface area contributed by atoms with E-state index in [0.29, 0.717) is 36.2 Å². The molecule has 0 radical (unpaired) electrons. The number of hydrogen-bond acceptors (Lipinski definition) is 4. The fourth-order valence-electron chi connectivity index (χ4n) is 3.55. The second-order valence-electron chi connectivity index (χ2n) is 6.62. The minimum atomic E-state index is -0.133. The van der Waals surface area contributed by atoms with E-state index in [1.54, 1.807) is 17.0 Å². The molecule has 0 spiro atoms. The molecule has 0 bridgehead atoms. The Hall–Kier alpha value is -2.08. The number of pyridine rings is 1. The van der Waals surface area contributed by atoms with Crippen molar-refractivity contribution in [3.05, 3.63) is 29.1 Å². The van der Waals surface area contributed by atoms with Gasteiger partial charge in [-0.05, 0) is 25.0 Å². The van der Waals surface area contributed by atoms with Crippen molar-refractivity contribution in [3.8, 4) is 0 Å². The lowest BCUT2D eigenvalue weighted by Gasteiger charge is -2.31. The van der Waals surface area contributed by atoms with E-state index in [2.05, 4.69) is 10.3 Å². The summed E-state index contributed by atoms with van der Waals surface area (Å²) < 4.78 is 5.56. The normalized spacial score (nSPS) is 25.4. The first-order valence-corrected chi connectivity index (χ1v) is 8.54. The molecule has 1 saturated heterocycles. The van der Waals surface area contributed by atoms with Crippen LogP contribution in [0.3, 0.4) is 0 Å². The average molecular weight is 348 g/mol. The third-order valence-electron chi connectivity index (χ3n) is 5.05. The Balaban J connectivity index is 1.47. The molecule has 6 nitrogen and oxygen atoms in total. The van der Waals surface area contributed by atoms with Crippen LogP contribution in [0.4, 0.5) is 0 Å². The molecule has 0 aromatic carbocycles. The summed E-state index contributed by atoms with van der Waals surface area (Å²) in [4.78, 5) is 30.2. The maximum Gasteiger partial charge on any atom is 0.289 e. The summed E-state index contributed by atoms with van der Waals surface area (Å²) >= 11 is 5.92. The van der Waals surface area contributed by atoms with E-state index >= 15 is 0 Å². The lowest BCUT2D eigenvalue weighted by Crippen LogP contribution is -2.48. The largest absolute Gasteiger partial charge is 0.433 e. The van der Waals surface area contributed by atoms with Crippen LogP contribution in [0.1, 0.15) is 36.7 Å². The van der Waals surface area contributed by atoms with Gasteiger partial charge in [-0.1, -0.05) is 18.5 Å². The molecular weight excluding hydrogens is 330 g/mol. The van der Waals surface area contributed by atoms with Crippen LogP contribution >= 0.6 is 11.6 Å². The summed E-state index contributed by atoms with van der Waals surface area (Å²) in [6.07, 6.45) is 3.72. The topological polar surface area (TPSA) is 75.4 Å². The lowest BCUT2D eigenvalue weighted by molar-refractivity contribution is -0.122. The number of nitrogens with one attached hydrogen (secondary N) is 1. The van der Waals surface area contributed by atoms with Crippen molar-refractivity contribution in [2.75, 3.05) is 13.1 Å².